The first-order valence-corrected chi connectivity index (χ1v) is 12.4. The predicted molar refractivity (Wildman–Crippen MR) is 131 cm³/mol. The third-order valence-electron chi connectivity index (χ3n) is 7.48. The van der Waals surface area contributed by atoms with Gasteiger partial charge in [0, 0.05) is 54.5 Å². The van der Waals surface area contributed by atoms with Crippen LogP contribution in [0.3, 0.4) is 0 Å². The maximum Gasteiger partial charge on any atom is 0.254 e. The van der Waals surface area contributed by atoms with Crippen molar-refractivity contribution in [1.82, 2.24) is 4.90 Å². The molecule has 1 aliphatic carbocycles. The molecule has 1 amide bonds. The quantitative estimate of drug-likeness (QED) is 0.603. The van der Waals surface area contributed by atoms with Crippen molar-refractivity contribution in [2.45, 2.75) is 50.5 Å². The zero-order chi connectivity index (χ0) is 23.0. The SMILES string of the molecule is COC1(C(=O)N2CCCC(C(=O)c3ccc(-c4ccc5c(c4)CCCN5)c(Cl)c3)CC2)CC1. The topological polar surface area (TPSA) is 58.6 Å². The third kappa shape index (κ3) is 4.41. The molecule has 3 aliphatic rings. The minimum absolute atomic E-state index is 0.0859. The molecule has 5 nitrogen and oxygen atoms in total. The smallest absolute Gasteiger partial charge is 0.254 e. The normalized spacial score (nSPS) is 21.5. The zero-order valence-electron chi connectivity index (χ0n) is 19.2. The summed E-state index contributed by atoms with van der Waals surface area (Å²) in [7, 11) is 1.61. The van der Waals surface area contributed by atoms with Crippen LogP contribution < -0.4 is 5.32 Å². The number of aryl methyl sites for hydroxylation is 1. The summed E-state index contributed by atoms with van der Waals surface area (Å²) in [5.41, 5.74) is 4.61. The number of likely N-dealkylation sites (tertiary alicyclic amines) is 1. The number of fused-ring (bicyclic) bond motifs is 1. The molecule has 2 fully saturated rings. The predicted octanol–water partition coefficient (Wildman–Crippen LogP) is 5.36. The molecule has 0 aromatic heterocycles. The summed E-state index contributed by atoms with van der Waals surface area (Å²) in [6, 6.07) is 12.1. The Morgan fingerprint density at radius 2 is 1.94 bits per heavy atom. The Balaban J connectivity index is 1.28. The lowest BCUT2D eigenvalue weighted by atomic mass is 9.90. The highest BCUT2D eigenvalue weighted by Gasteiger charge is 2.52. The van der Waals surface area contributed by atoms with E-state index in [0.717, 1.165) is 56.2 Å². The number of rotatable bonds is 5. The molecule has 0 bridgehead atoms. The van der Waals surface area contributed by atoms with Crippen molar-refractivity contribution >= 4 is 29.0 Å². The van der Waals surface area contributed by atoms with E-state index in [-0.39, 0.29) is 17.6 Å². The van der Waals surface area contributed by atoms with E-state index < -0.39 is 5.60 Å². The van der Waals surface area contributed by atoms with Gasteiger partial charge >= 0.3 is 0 Å². The molecule has 1 N–H and O–H groups in total. The van der Waals surface area contributed by atoms with Gasteiger partial charge in [0.1, 0.15) is 5.60 Å². The van der Waals surface area contributed by atoms with Crippen LogP contribution in [0.5, 0.6) is 0 Å². The number of hydrogen-bond acceptors (Lipinski definition) is 4. The van der Waals surface area contributed by atoms with Gasteiger partial charge in [-0.1, -0.05) is 29.8 Å². The van der Waals surface area contributed by atoms with E-state index in [9.17, 15) is 9.59 Å². The number of nitrogens with one attached hydrogen (secondary N) is 1. The third-order valence-corrected chi connectivity index (χ3v) is 7.79. The fraction of sp³-hybridized carbons (Fsp3) is 0.481. The van der Waals surface area contributed by atoms with Crippen molar-refractivity contribution in [3.05, 3.63) is 52.5 Å². The number of nitrogens with zero attached hydrogens (tertiary/aromatic N) is 1. The second kappa shape index (κ2) is 9.11. The van der Waals surface area contributed by atoms with Gasteiger partial charge in [-0.15, -0.1) is 0 Å². The molecule has 0 radical (unpaired) electrons. The average Bonchev–Trinajstić information content (AvgIpc) is 3.67. The van der Waals surface area contributed by atoms with E-state index in [2.05, 4.69) is 23.5 Å². The van der Waals surface area contributed by atoms with Gasteiger partial charge in [-0.25, -0.2) is 0 Å². The number of carbonyl (C=O) groups is 2. The maximum absolute atomic E-state index is 13.3. The lowest BCUT2D eigenvalue weighted by molar-refractivity contribution is -0.144. The van der Waals surface area contributed by atoms with Crippen molar-refractivity contribution in [3.63, 3.8) is 0 Å². The number of ketones is 1. The molecule has 1 saturated carbocycles. The van der Waals surface area contributed by atoms with Crippen LogP contribution in [0.4, 0.5) is 5.69 Å². The Labute approximate surface area is 200 Å². The van der Waals surface area contributed by atoms with Gasteiger partial charge < -0.3 is 15.0 Å². The van der Waals surface area contributed by atoms with E-state index in [1.54, 1.807) is 7.11 Å². The summed E-state index contributed by atoms with van der Waals surface area (Å²) in [6.07, 6.45) is 6.10. The van der Waals surface area contributed by atoms with Gasteiger partial charge in [0.05, 0.1) is 0 Å². The molecule has 1 atom stereocenters. The molecule has 5 rings (SSSR count). The largest absolute Gasteiger partial charge is 0.385 e. The van der Waals surface area contributed by atoms with Gasteiger partial charge in [-0.05, 0) is 74.3 Å². The number of ether oxygens (including phenoxy) is 1. The number of anilines is 1. The Bertz CT molecular complexity index is 1080. The fourth-order valence-electron chi connectivity index (χ4n) is 5.25. The molecule has 2 aromatic rings. The molecule has 174 valence electrons. The molecule has 1 saturated heterocycles. The highest BCUT2D eigenvalue weighted by molar-refractivity contribution is 6.33. The van der Waals surface area contributed by atoms with Crippen molar-refractivity contribution in [1.29, 1.82) is 0 Å². The number of amides is 1. The first-order chi connectivity index (χ1) is 16.0. The van der Waals surface area contributed by atoms with Crippen LogP contribution >= 0.6 is 11.6 Å². The Hall–Kier alpha value is -2.37. The summed E-state index contributed by atoms with van der Waals surface area (Å²) in [6.45, 7) is 2.32. The Kier molecular flexibility index (Phi) is 6.19. The molecule has 2 aliphatic heterocycles. The first-order valence-electron chi connectivity index (χ1n) is 12.1. The van der Waals surface area contributed by atoms with Crippen molar-refractivity contribution < 1.29 is 14.3 Å². The standard InChI is InChI=1S/C27H31ClN2O3/c1-33-27(11-12-27)26(32)30-14-3-5-18(10-15-30)25(31)21-6-8-22(23(28)17-21)19-7-9-24-20(16-19)4-2-13-29-24/h6-9,16-18,29H,2-5,10-15H2,1H3. The van der Waals surface area contributed by atoms with E-state index in [0.29, 0.717) is 30.1 Å². The fourth-order valence-corrected chi connectivity index (χ4v) is 5.54. The van der Waals surface area contributed by atoms with Crippen LogP contribution in [0.2, 0.25) is 5.02 Å². The molecular weight excluding hydrogens is 436 g/mol. The number of Topliss-reactive ketones (excluding diaryl/α,β-unsaturated/α-hetero) is 1. The van der Waals surface area contributed by atoms with Crippen LogP contribution in [0, 0.1) is 5.92 Å². The monoisotopic (exact) mass is 466 g/mol. The lowest BCUT2D eigenvalue weighted by Gasteiger charge is -2.25. The molecule has 0 spiro atoms. The molecule has 33 heavy (non-hydrogen) atoms. The molecule has 2 aromatic carbocycles. The Morgan fingerprint density at radius 1 is 1.09 bits per heavy atom. The van der Waals surface area contributed by atoms with Crippen molar-refractivity contribution in [2.24, 2.45) is 5.92 Å². The van der Waals surface area contributed by atoms with Gasteiger partial charge in [-0.3, -0.25) is 9.59 Å². The van der Waals surface area contributed by atoms with Crippen LogP contribution in [0.25, 0.3) is 11.1 Å². The van der Waals surface area contributed by atoms with Gasteiger partial charge in [0.2, 0.25) is 0 Å². The lowest BCUT2D eigenvalue weighted by Crippen LogP contribution is -2.42. The van der Waals surface area contributed by atoms with E-state index in [1.165, 1.54) is 11.3 Å². The van der Waals surface area contributed by atoms with Gasteiger partial charge in [0.15, 0.2) is 5.78 Å². The van der Waals surface area contributed by atoms with Gasteiger partial charge in [-0.2, -0.15) is 0 Å². The van der Waals surface area contributed by atoms with Gasteiger partial charge in [0.25, 0.3) is 5.91 Å². The second-order valence-corrected chi connectivity index (χ2v) is 9.99. The summed E-state index contributed by atoms with van der Waals surface area (Å²) in [5.74, 6) is 0.128. The van der Waals surface area contributed by atoms with E-state index in [4.69, 9.17) is 16.3 Å². The summed E-state index contributed by atoms with van der Waals surface area (Å²) in [5, 5.41) is 4.04. The zero-order valence-corrected chi connectivity index (χ0v) is 19.9. The van der Waals surface area contributed by atoms with Crippen molar-refractivity contribution in [3.8, 4) is 11.1 Å². The maximum atomic E-state index is 13.3. The minimum Gasteiger partial charge on any atom is -0.385 e. The number of benzene rings is 2. The number of halogens is 1. The average molecular weight is 467 g/mol. The number of hydrogen-bond donors (Lipinski definition) is 1. The summed E-state index contributed by atoms with van der Waals surface area (Å²) >= 11 is 6.67. The van der Waals surface area contributed by atoms with Crippen LogP contribution in [-0.4, -0.2) is 48.9 Å². The molecule has 2 heterocycles. The Morgan fingerprint density at radius 3 is 2.70 bits per heavy atom. The van der Waals surface area contributed by atoms with Crippen molar-refractivity contribution in [2.75, 3.05) is 32.1 Å². The number of carbonyl (C=O) groups excluding carboxylic acids is 2. The molecule has 1 unspecified atom stereocenters. The van der Waals surface area contributed by atoms with E-state index >= 15 is 0 Å². The van der Waals surface area contributed by atoms with Crippen LogP contribution in [0.1, 0.15) is 54.4 Å². The van der Waals surface area contributed by atoms with E-state index in [1.807, 2.05) is 23.1 Å². The summed E-state index contributed by atoms with van der Waals surface area (Å²) in [4.78, 5) is 28.0. The van der Waals surface area contributed by atoms with Crippen LogP contribution in [0.15, 0.2) is 36.4 Å². The molecule has 6 heteroatoms. The highest BCUT2D eigenvalue weighted by atomic mass is 35.5. The molecular formula is C27H31ClN2O3. The minimum atomic E-state index is -0.597. The second-order valence-electron chi connectivity index (χ2n) is 9.58. The highest BCUT2D eigenvalue weighted by Crippen LogP contribution is 2.41. The first kappa shape index (κ1) is 22.4. The number of methoxy groups -OCH3 is 1. The summed E-state index contributed by atoms with van der Waals surface area (Å²) < 4.78 is 5.46. The van der Waals surface area contributed by atoms with Crippen LogP contribution in [-0.2, 0) is 16.0 Å².